The number of sulfonamides is 1. The molecule has 0 saturated heterocycles. The van der Waals surface area contributed by atoms with E-state index in [1.54, 1.807) is 13.8 Å². The Labute approximate surface area is 189 Å². The van der Waals surface area contributed by atoms with Gasteiger partial charge < -0.3 is 4.74 Å². The van der Waals surface area contributed by atoms with E-state index < -0.39 is 16.0 Å². The molecule has 170 valence electrons. The van der Waals surface area contributed by atoms with Gasteiger partial charge in [0.2, 0.25) is 10.0 Å². The van der Waals surface area contributed by atoms with Gasteiger partial charge in [0.15, 0.2) is 12.4 Å². The van der Waals surface area contributed by atoms with Gasteiger partial charge in [-0.25, -0.2) is 13.2 Å². The van der Waals surface area contributed by atoms with E-state index in [2.05, 4.69) is 0 Å². The molecule has 0 spiro atoms. The lowest BCUT2D eigenvalue weighted by atomic mass is 9.48. The monoisotopic (exact) mass is 467 g/mol. The maximum Gasteiger partial charge on any atom is 0.338 e. The van der Waals surface area contributed by atoms with Crippen molar-refractivity contribution in [1.29, 1.82) is 0 Å². The number of benzene rings is 1. The van der Waals surface area contributed by atoms with Crippen molar-refractivity contribution in [3.8, 4) is 0 Å². The molecule has 0 radical (unpaired) electrons. The number of hydrogen-bond acceptors (Lipinski definition) is 5. The minimum Gasteiger partial charge on any atom is -0.454 e. The standard InChI is InChI=1S/C23H30ClNO5S/c1-3-25(4-2)31(28,29)20-10-18(5-6-19(20)24)22(27)30-14-21(26)23-11-15-7-16(12-23)9-17(8-15)13-23/h5-6,10,15-17H,3-4,7-9,11-14H2,1-2H3. The summed E-state index contributed by atoms with van der Waals surface area (Å²) < 4.78 is 32.3. The molecule has 0 aromatic heterocycles. The summed E-state index contributed by atoms with van der Waals surface area (Å²) in [6, 6.07) is 4.06. The Morgan fingerprint density at radius 2 is 1.61 bits per heavy atom. The van der Waals surface area contributed by atoms with Crippen LogP contribution in [0.1, 0.15) is 62.7 Å². The van der Waals surface area contributed by atoms with E-state index in [4.69, 9.17) is 16.3 Å². The normalized spacial score (nSPS) is 29.4. The second-order valence-electron chi connectivity index (χ2n) is 9.43. The number of Topliss-reactive ketones (excluding diaryl/α,β-unsaturated/α-hetero) is 1. The minimum atomic E-state index is -3.82. The van der Waals surface area contributed by atoms with Crippen LogP contribution >= 0.6 is 11.6 Å². The zero-order valence-electron chi connectivity index (χ0n) is 18.1. The lowest BCUT2D eigenvalue weighted by Crippen LogP contribution is -2.51. The molecule has 4 saturated carbocycles. The first-order chi connectivity index (χ1) is 14.7. The van der Waals surface area contributed by atoms with E-state index in [1.807, 2.05) is 0 Å². The molecule has 4 aliphatic carbocycles. The van der Waals surface area contributed by atoms with E-state index in [0.717, 1.165) is 19.3 Å². The van der Waals surface area contributed by atoms with Gasteiger partial charge in [-0.05, 0) is 74.5 Å². The molecule has 5 rings (SSSR count). The zero-order chi connectivity index (χ0) is 22.4. The topological polar surface area (TPSA) is 80.8 Å². The molecule has 4 bridgehead atoms. The van der Waals surface area contributed by atoms with Gasteiger partial charge in [-0.15, -0.1) is 0 Å². The lowest BCUT2D eigenvalue weighted by Gasteiger charge is -2.55. The van der Waals surface area contributed by atoms with Gasteiger partial charge in [0.05, 0.1) is 10.6 Å². The van der Waals surface area contributed by atoms with Crippen molar-refractivity contribution in [3.05, 3.63) is 28.8 Å². The molecule has 6 nitrogen and oxygen atoms in total. The van der Waals surface area contributed by atoms with Gasteiger partial charge in [0.25, 0.3) is 0 Å². The van der Waals surface area contributed by atoms with E-state index in [1.165, 1.54) is 41.8 Å². The van der Waals surface area contributed by atoms with E-state index in [9.17, 15) is 18.0 Å². The molecule has 0 amide bonds. The molecular formula is C23H30ClNO5S. The largest absolute Gasteiger partial charge is 0.454 e. The molecule has 0 N–H and O–H groups in total. The number of halogens is 1. The molecular weight excluding hydrogens is 438 g/mol. The third kappa shape index (κ3) is 4.16. The maximum absolute atomic E-state index is 13.1. The van der Waals surface area contributed by atoms with Crippen LogP contribution in [0.4, 0.5) is 0 Å². The van der Waals surface area contributed by atoms with Crippen molar-refractivity contribution in [1.82, 2.24) is 4.31 Å². The minimum absolute atomic E-state index is 0.0184. The highest BCUT2D eigenvalue weighted by Crippen LogP contribution is 2.60. The number of carbonyl (C=O) groups excluding carboxylic acids is 2. The maximum atomic E-state index is 13.1. The Bertz CT molecular complexity index is 950. The van der Waals surface area contributed by atoms with E-state index in [-0.39, 0.29) is 33.3 Å². The fraction of sp³-hybridized carbons (Fsp3) is 0.652. The smallest absolute Gasteiger partial charge is 0.338 e. The SMILES string of the molecule is CCN(CC)S(=O)(=O)c1cc(C(=O)OCC(=O)C23CC4CC(CC(C4)C2)C3)ccc1Cl. The first-order valence-corrected chi connectivity index (χ1v) is 13.0. The number of rotatable bonds is 8. The van der Waals surface area contributed by atoms with Crippen molar-refractivity contribution >= 4 is 33.4 Å². The highest BCUT2D eigenvalue weighted by Gasteiger charge is 2.54. The molecule has 1 aromatic rings. The molecule has 31 heavy (non-hydrogen) atoms. The van der Waals surface area contributed by atoms with Crippen molar-refractivity contribution < 1.29 is 22.7 Å². The fourth-order valence-electron chi connectivity index (χ4n) is 6.35. The first-order valence-electron chi connectivity index (χ1n) is 11.2. The van der Waals surface area contributed by atoms with Crippen LogP contribution in [-0.4, -0.2) is 44.2 Å². The summed E-state index contributed by atoms with van der Waals surface area (Å²) in [7, 11) is -3.82. The Kier molecular flexibility index (Phi) is 6.23. The van der Waals surface area contributed by atoms with Crippen molar-refractivity contribution in [2.24, 2.45) is 23.2 Å². The summed E-state index contributed by atoms with van der Waals surface area (Å²) in [5, 5.41) is 0.0492. The summed E-state index contributed by atoms with van der Waals surface area (Å²) in [5.41, 5.74) is -0.250. The van der Waals surface area contributed by atoms with Crippen LogP contribution < -0.4 is 0 Å². The van der Waals surface area contributed by atoms with Crippen LogP contribution in [0.5, 0.6) is 0 Å². The molecule has 0 unspecified atom stereocenters. The fourth-order valence-corrected chi connectivity index (χ4v) is 8.31. The van der Waals surface area contributed by atoms with Crippen molar-refractivity contribution in [3.63, 3.8) is 0 Å². The number of ether oxygens (including phenoxy) is 1. The van der Waals surface area contributed by atoms with Crippen LogP contribution in [0.2, 0.25) is 5.02 Å². The molecule has 0 aliphatic heterocycles. The van der Waals surface area contributed by atoms with E-state index in [0.29, 0.717) is 30.8 Å². The Morgan fingerprint density at radius 3 is 2.13 bits per heavy atom. The van der Waals surface area contributed by atoms with Crippen LogP contribution in [-0.2, 0) is 19.6 Å². The average Bonchev–Trinajstić information content (AvgIpc) is 2.71. The Hall–Kier alpha value is -1.44. The molecule has 0 heterocycles. The van der Waals surface area contributed by atoms with Gasteiger partial charge in [-0.3, -0.25) is 4.79 Å². The molecule has 4 aliphatic rings. The highest BCUT2D eigenvalue weighted by atomic mass is 35.5. The van der Waals surface area contributed by atoms with Crippen LogP contribution in [0.15, 0.2) is 23.1 Å². The summed E-state index contributed by atoms with van der Waals surface area (Å²) >= 11 is 6.14. The number of esters is 1. The molecule has 1 aromatic carbocycles. The average molecular weight is 468 g/mol. The summed E-state index contributed by atoms with van der Waals surface area (Å²) in [6.45, 7) is 3.81. The van der Waals surface area contributed by atoms with Gasteiger partial charge in [0.1, 0.15) is 4.90 Å². The molecule has 8 heteroatoms. The number of nitrogens with zero attached hydrogens (tertiary/aromatic N) is 1. The van der Waals surface area contributed by atoms with Gasteiger partial charge in [-0.2, -0.15) is 4.31 Å². The van der Waals surface area contributed by atoms with Gasteiger partial charge >= 0.3 is 5.97 Å². The number of carbonyl (C=O) groups is 2. The van der Waals surface area contributed by atoms with Crippen LogP contribution in [0.3, 0.4) is 0 Å². The summed E-state index contributed by atoms with van der Waals surface area (Å²) in [6.07, 6.45) is 6.47. The summed E-state index contributed by atoms with van der Waals surface area (Å²) in [5.74, 6) is 1.22. The van der Waals surface area contributed by atoms with Crippen molar-refractivity contribution in [2.45, 2.75) is 57.3 Å². The zero-order valence-corrected chi connectivity index (χ0v) is 19.7. The Morgan fingerprint density at radius 1 is 1.06 bits per heavy atom. The predicted octanol–water partition coefficient (Wildman–Crippen LogP) is 4.31. The van der Waals surface area contributed by atoms with Crippen LogP contribution in [0.25, 0.3) is 0 Å². The first kappa shape index (κ1) is 22.7. The number of ketones is 1. The predicted molar refractivity (Wildman–Crippen MR) is 117 cm³/mol. The van der Waals surface area contributed by atoms with E-state index >= 15 is 0 Å². The molecule has 0 atom stereocenters. The second kappa shape index (κ2) is 8.49. The summed E-state index contributed by atoms with van der Waals surface area (Å²) in [4.78, 5) is 25.6. The second-order valence-corrected chi connectivity index (χ2v) is 11.7. The lowest BCUT2D eigenvalue weighted by molar-refractivity contribution is -0.147. The van der Waals surface area contributed by atoms with Crippen LogP contribution in [0, 0.1) is 23.2 Å². The molecule has 4 fully saturated rings. The number of hydrogen-bond donors (Lipinski definition) is 0. The van der Waals surface area contributed by atoms with Gasteiger partial charge in [-0.1, -0.05) is 25.4 Å². The third-order valence-corrected chi connectivity index (χ3v) is 9.99. The Balaban J connectivity index is 1.46. The third-order valence-electron chi connectivity index (χ3n) is 7.45. The van der Waals surface area contributed by atoms with Crippen molar-refractivity contribution in [2.75, 3.05) is 19.7 Å². The highest BCUT2D eigenvalue weighted by molar-refractivity contribution is 7.89. The van der Waals surface area contributed by atoms with Gasteiger partial charge in [0, 0.05) is 18.5 Å². The quantitative estimate of drug-likeness (QED) is 0.532.